The predicted octanol–water partition coefficient (Wildman–Crippen LogP) is 2.14. The summed E-state index contributed by atoms with van der Waals surface area (Å²) < 4.78 is 14.1. The molecule has 0 bridgehead atoms. The van der Waals surface area contributed by atoms with Gasteiger partial charge >= 0.3 is 0 Å². The largest absolute Gasteiger partial charge is 0.342 e. The molecular weight excluding hydrogens is 327 g/mol. The quantitative estimate of drug-likeness (QED) is 0.896. The number of aryl methyl sites for hydroxylation is 1. The molecular formula is C14H14BrFN2O2. The number of hydrogen-bond acceptors (Lipinski definition) is 2. The lowest BCUT2D eigenvalue weighted by molar-refractivity contribution is -0.131. The molecule has 106 valence electrons. The molecule has 0 spiro atoms. The van der Waals surface area contributed by atoms with Crippen LogP contribution in [0.2, 0.25) is 0 Å². The number of carbonyl (C=O) groups is 2. The van der Waals surface area contributed by atoms with Crippen molar-refractivity contribution in [3.05, 3.63) is 28.0 Å². The molecule has 3 rings (SSSR count). The molecule has 0 aromatic heterocycles. The summed E-state index contributed by atoms with van der Waals surface area (Å²) >= 11 is 3.12. The van der Waals surface area contributed by atoms with E-state index in [1.165, 1.54) is 11.0 Å². The zero-order valence-corrected chi connectivity index (χ0v) is 12.5. The SMILES string of the molecule is Cc1cc(Br)c(F)cc1N1CC(=O)NC(C2CC2)C1=O. The highest BCUT2D eigenvalue weighted by Gasteiger charge is 2.43. The topological polar surface area (TPSA) is 49.4 Å². The second-order valence-corrected chi connectivity index (χ2v) is 6.21. The summed E-state index contributed by atoms with van der Waals surface area (Å²) in [6, 6.07) is 2.47. The van der Waals surface area contributed by atoms with Crippen molar-refractivity contribution in [1.29, 1.82) is 0 Å². The summed E-state index contributed by atoms with van der Waals surface area (Å²) in [4.78, 5) is 25.7. The maximum Gasteiger partial charge on any atom is 0.250 e. The molecule has 20 heavy (non-hydrogen) atoms. The van der Waals surface area contributed by atoms with Crippen LogP contribution in [-0.2, 0) is 9.59 Å². The van der Waals surface area contributed by atoms with Gasteiger partial charge in [-0.15, -0.1) is 0 Å². The van der Waals surface area contributed by atoms with Crippen LogP contribution in [-0.4, -0.2) is 24.4 Å². The van der Waals surface area contributed by atoms with E-state index in [1.807, 2.05) is 0 Å². The number of anilines is 1. The average molecular weight is 341 g/mol. The zero-order valence-electron chi connectivity index (χ0n) is 11.0. The number of halogens is 2. The van der Waals surface area contributed by atoms with Crippen LogP contribution < -0.4 is 10.2 Å². The van der Waals surface area contributed by atoms with E-state index in [0.29, 0.717) is 10.2 Å². The van der Waals surface area contributed by atoms with Crippen molar-refractivity contribution in [3.8, 4) is 0 Å². The second kappa shape index (κ2) is 4.84. The molecule has 1 atom stereocenters. The Labute approximate surface area is 124 Å². The fourth-order valence-electron chi connectivity index (χ4n) is 2.55. The first-order chi connectivity index (χ1) is 9.47. The standard InChI is InChI=1S/C14H14BrFN2O2/c1-7-4-9(15)10(16)5-11(7)18-6-12(19)17-13(14(18)20)8-2-3-8/h4-5,8,13H,2-3,6H2,1H3,(H,17,19). The van der Waals surface area contributed by atoms with Gasteiger partial charge in [0.25, 0.3) is 0 Å². The molecule has 2 amide bonds. The molecule has 2 aliphatic rings. The fraction of sp³-hybridized carbons (Fsp3) is 0.429. The van der Waals surface area contributed by atoms with Crippen molar-refractivity contribution in [2.75, 3.05) is 11.4 Å². The normalized spacial score (nSPS) is 22.9. The number of rotatable bonds is 2. The van der Waals surface area contributed by atoms with Crippen molar-refractivity contribution >= 4 is 33.4 Å². The Morgan fingerprint density at radius 2 is 2.05 bits per heavy atom. The van der Waals surface area contributed by atoms with E-state index in [-0.39, 0.29) is 24.3 Å². The molecule has 1 aliphatic carbocycles. The summed E-state index contributed by atoms with van der Waals surface area (Å²) in [5, 5.41) is 2.74. The van der Waals surface area contributed by atoms with Gasteiger partial charge in [-0.05, 0) is 59.3 Å². The molecule has 1 saturated carbocycles. The first kappa shape index (κ1) is 13.5. The number of amides is 2. The molecule has 2 fully saturated rings. The van der Waals surface area contributed by atoms with E-state index in [4.69, 9.17) is 0 Å². The fourth-order valence-corrected chi connectivity index (χ4v) is 3.01. The monoisotopic (exact) mass is 340 g/mol. The number of carbonyl (C=O) groups excluding carboxylic acids is 2. The van der Waals surface area contributed by atoms with Crippen molar-refractivity contribution in [2.45, 2.75) is 25.8 Å². The van der Waals surface area contributed by atoms with Crippen LogP contribution in [0.1, 0.15) is 18.4 Å². The molecule has 4 nitrogen and oxygen atoms in total. The summed E-state index contributed by atoms with van der Waals surface area (Å²) in [6.45, 7) is 1.75. The molecule has 1 saturated heterocycles. The Balaban J connectivity index is 1.97. The Bertz CT molecular complexity index is 601. The van der Waals surface area contributed by atoms with Crippen molar-refractivity contribution in [3.63, 3.8) is 0 Å². The third kappa shape index (κ3) is 2.32. The van der Waals surface area contributed by atoms with E-state index in [0.717, 1.165) is 18.4 Å². The van der Waals surface area contributed by atoms with Crippen molar-refractivity contribution in [1.82, 2.24) is 5.32 Å². The van der Waals surface area contributed by atoms with Gasteiger partial charge in [-0.3, -0.25) is 9.59 Å². The molecule has 1 N–H and O–H groups in total. The maximum atomic E-state index is 13.7. The molecule has 1 aliphatic heterocycles. The average Bonchev–Trinajstić information content (AvgIpc) is 3.21. The minimum Gasteiger partial charge on any atom is -0.342 e. The minimum absolute atomic E-state index is 0.0516. The highest BCUT2D eigenvalue weighted by Crippen LogP contribution is 2.36. The van der Waals surface area contributed by atoms with E-state index in [1.54, 1.807) is 13.0 Å². The van der Waals surface area contributed by atoms with Crippen LogP contribution in [0.15, 0.2) is 16.6 Å². The van der Waals surface area contributed by atoms with Gasteiger partial charge in [0.2, 0.25) is 11.8 Å². The number of nitrogens with zero attached hydrogens (tertiary/aromatic N) is 1. The Kier molecular flexibility index (Phi) is 3.28. The van der Waals surface area contributed by atoms with E-state index >= 15 is 0 Å². The van der Waals surface area contributed by atoms with Crippen LogP contribution in [0, 0.1) is 18.7 Å². The Morgan fingerprint density at radius 3 is 2.70 bits per heavy atom. The summed E-state index contributed by atoms with van der Waals surface area (Å²) in [5.74, 6) is -0.539. The number of piperazine rings is 1. The predicted molar refractivity (Wildman–Crippen MR) is 75.8 cm³/mol. The van der Waals surface area contributed by atoms with E-state index < -0.39 is 11.9 Å². The second-order valence-electron chi connectivity index (χ2n) is 5.36. The highest BCUT2D eigenvalue weighted by molar-refractivity contribution is 9.10. The van der Waals surface area contributed by atoms with Gasteiger partial charge < -0.3 is 10.2 Å². The van der Waals surface area contributed by atoms with Gasteiger partial charge in [-0.1, -0.05) is 0 Å². The lowest BCUT2D eigenvalue weighted by Crippen LogP contribution is -2.59. The molecule has 1 aromatic carbocycles. The van der Waals surface area contributed by atoms with Gasteiger partial charge in [-0.2, -0.15) is 0 Å². The minimum atomic E-state index is -0.456. The first-order valence-corrected chi connectivity index (χ1v) is 7.33. The Morgan fingerprint density at radius 1 is 1.35 bits per heavy atom. The summed E-state index contributed by atoms with van der Waals surface area (Å²) in [5.41, 5.74) is 1.23. The van der Waals surface area contributed by atoms with E-state index in [2.05, 4.69) is 21.2 Å². The van der Waals surface area contributed by atoms with Crippen LogP contribution in [0.5, 0.6) is 0 Å². The van der Waals surface area contributed by atoms with Gasteiger partial charge in [0, 0.05) is 0 Å². The number of nitrogens with one attached hydrogen (secondary N) is 1. The molecule has 1 unspecified atom stereocenters. The van der Waals surface area contributed by atoms with Gasteiger partial charge in [0.1, 0.15) is 18.4 Å². The molecule has 1 heterocycles. The number of hydrogen-bond donors (Lipinski definition) is 1. The van der Waals surface area contributed by atoms with Crippen molar-refractivity contribution < 1.29 is 14.0 Å². The highest BCUT2D eigenvalue weighted by atomic mass is 79.9. The maximum absolute atomic E-state index is 13.7. The molecule has 1 aromatic rings. The zero-order chi connectivity index (χ0) is 14.4. The molecule has 6 heteroatoms. The lowest BCUT2D eigenvalue weighted by Gasteiger charge is -2.33. The Hall–Kier alpha value is -1.43. The first-order valence-electron chi connectivity index (χ1n) is 6.54. The van der Waals surface area contributed by atoms with Crippen LogP contribution in [0.3, 0.4) is 0 Å². The van der Waals surface area contributed by atoms with E-state index in [9.17, 15) is 14.0 Å². The third-order valence-electron chi connectivity index (χ3n) is 3.77. The molecule has 0 radical (unpaired) electrons. The van der Waals surface area contributed by atoms with Gasteiger partial charge in [0.05, 0.1) is 10.2 Å². The smallest absolute Gasteiger partial charge is 0.250 e. The van der Waals surface area contributed by atoms with Gasteiger partial charge in [-0.25, -0.2) is 4.39 Å². The summed E-state index contributed by atoms with van der Waals surface area (Å²) in [7, 11) is 0. The van der Waals surface area contributed by atoms with Gasteiger partial charge in [0.15, 0.2) is 0 Å². The van der Waals surface area contributed by atoms with Crippen LogP contribution >= 0.6 is 15.9 Å². The third-order valence-corrected chi connectivity index (χ3v) is 4.38. The number of benzene rings is 1. The van der Waals surface area contributed by atoms with Crippen LogP contribution in [0.4, 0.5) is 10.1 Å². The van der Waals surface area contributed by atoms with Crippen molar-refractivity contribution in [2.24, 2.45) is 5.92 Å². The van der Waals surface area contributed by atoms with Crippen LogP contribution in [0.25, 0.3) is 0 Å². The lowest BCUT2D eigenvalue weighted by atomic mass is 10.1. The summed E-state index contributed by atoms with van der Waals surface area (Å²) in [6.07, 6.45) is 1.91.